The minimum Gasteiger partial charge on any atom is -0.478 e. The number of piperidine rings is 1. The van der Waals surface area contributed by atoms with Crippen LogP contribution in [0.2, 0.25) is 0 Å². The Kier molecular flexibility index (Phi) is 11.7. The van der Waals surface area contributed by atoms with Crippen molar-refractivity contribution in [2.24, 2.45) is 5.92 Å². The molecule has 36 heavy (non-hydrogen) atoms. The average Bonchev–Trinajstić information content (AvgIpc) is 2.86. The lowest BCUT2D eigenvalue weighted by Gasteiger charge is -2.35. The van der Waals surface area contributed by atoms with E-state index in [-0.39, 0.29) is 17.5 Å². The van der Waals surface area contributed by atoms with Crippen LogP contribution in [0.25, 0.3) is 0 Å². The molecule has 0 aromatic heterocycles. The van der Waals surface area contributed by atoms with Gasteiger partial charge in [0.05, 0.1) is 0 Å². The smallest absolute Gasteiger partial charge is 0.328 e. The molecule has 1 aliphatic rings. The average molecular weight is 503 g/mol. The molecule has 7 nitrogen and oxygen atoms in total. The normalized spacial score (nSPS) is 14.2. The summed E-state index contributed by atoms with van der Waals surface area (Å²) in [5, 5.41) is 15.6. The number of hydrogen-bond acceptors (Lipinski definition) is 4. The number of anilines is 1. The van der Waals surface area contributed by atoms with Crippen LogP contribution in [-0.2, 0) is 20.8 Å². The number of carbonyl (C=O) groups is 3. The van der Waals surface area contributed by atoms with Crippen molar-refractivity contribution >= 4 is 23.5 Å². The number of halogens is 2. The van der Waals surface area contributed by atoms with Crippen LogP contribution < -0.4 is 4.90 Å². The van der Waals surface area contributed by atoms with Crippen LogP contribution in [0.5, 0.6) is 0 Å². The summed E-state index contributed by atoms with van der Waals surface area (Å²) in [5.41, 5.74) is 1.79. The van der Waals surface area contributed by atoms with Crippen molar-refractivity contribution in [1.29, 1.82) is 0 Å². The molecular weight excluding hydrogens is 470 g/mol. The first-order valence-corrected chi connectivity index (χ1v) is 11.8. The van der Waals surface area contributed by atoms with Gasteiger partial charge >= 0.3 is 11.9 Å². The molecule has 3 rings (SSSR count). The third-order valence-corrected chi connectivity index (χ3v) is 5.86. The quantitative estimate of drug-likeness (QED) is 0.494. The number of carboxylic acids is 2. The van der Waals surface area contributed by atoms with Crippen LogP contribution in [0.1, 0.15) is 31.7 Å². The molecule has 1 fully saturated rings. The minimum atomic E-state index is -1.26. The Hall–Kier alpha value is -3.59. The molecule has 1 heterocycles. The highest BCUT2D eigenvalue weighted by Crippen LogP contribution is 2.23. The summed E-state index contributed by atoms with van der Waals surface area (Å²) in [6, 6.07) is 13.0. The maximum Gasteiger partial charge on any atom is 0.328 e. The van der Waals surface area contributed by atoms with Crippen LogP contribution in [0.4, 0.5) is 14.5 Å². The topological polar surface area (TPSA) is 98.2 Å². The Balaban J connectivity index is 0.000000493. The lowest BCUT2D eigenvalue weighted by molar-refractivity contribution is -0.134. The van der Waals surface area contributed by atoms with Gasteiger partial charge in [-0.05, 0) is 80.2 Å². The predicted molar refractivity (Wildman–Crippen MR) is 133 cm³/mol. The van der Waals surface area contributed by atoms with E-state index in [0.717, 1.165) is 50.1 Å². The van der Waals surface area contributed by atoms with E-state index in [1.54, 1.807) is 29.2 Å². The van der Waals surface area contributed by atoms with Gasteiger partial charge in [-0.1, -0.05) is 19.1 Å². The Bertz CT molecular complexity index is 1020. The second-order valence-electron chi connectivity index (χ2n) is 8.51. The van der Waals surface area contributed by atoms with Crippen molar-refractivity contribution in [2.45, 2.75) is 32.6 Å². The van der Waals surface area contributed by atoms with Gasteiger partial charge in [0.25, 0.3) is 0 Å². The van der Waals surface area contributed by atoms with Crippen molar-refractivity contribution in [3.05, 3.63) is 77.9 Å². The minimum absolute atomic E-state index is 0.0696. The molecule has 1 aliphatic heterocycles. The fraction of sp³-hybridized carbons (Fsp3) is 0.370. The number of benzene rings is 2. The van der Waals surface area contributed by atoms with Gasteiger partial charge in [-0.15, -0.1) is 0 Å². The van der Waals surface area contributed by atoms with Gasteiger partial charge in [0.1, 0.15) is 11.6 Å². The first kappa shape index (κ1) is 28.6. The Morgan fingerprint density at radius 2 is 1.58 bits per heavy atom. The molecule has 0 spiro atoms. The van der Waals surface area contributed by atoms with Gasteiger partial charge in [-0.2, -0.15) is 0 Å². The van der Waals surface area contributed by atoms with Gasteiger partial charge in [0.2, 0.25) is 5.91 Å². The van der Waals surface area contributed by atoms with E-state index in [0.29, 0.717) is 31.0 Å². The molecule has 0 atom stereocenters. The number of nitrogens with zero attached hydrogens (tertiary/aromatic N) is 2. The fourth-order valence-electron chi connectivity index (χ4n) is 3.94. The monoisotopic (exact) mass is 502 g/mol. The van der Waals surface area contributed by atoms with Crippen molar-refractivity contribution in [1.82, 2.24) is 4.90 Å². The second kappa shape index (κ2) is 14.7. The number of carbonyl (C=O) groups excluding carboxylic acids is 1. The van der Waals surface area contributed by atoms with E-state index in [9.17, 15) is 23.2 Å². The number of carboxylic acid groups (broad SMARTS) is 2. The van der Waals surface area contributed by atoms with Gasteiger partial charge in [-0.3, -0.25) is 4.79 Å². The standard InChI is InChI=1S/C23H28F2N2O.C4H4O4/c1-2-23(28)27(22-8-6-20(24)7-9-22)17-19-11-14-26(15-12-19)13-10-18-4-3-5-21(25)16-18;5-3(6)1-2-4(7)8/h3-9,16,19H,2,10-15,17H2,1H3;1-2H,(H,5,6)(H,7,8)/b;2-1+. The zero-order valence-corrected chi connectivity index (χ0v) is 20.3. The number of amides is 1. The summed E-state index contributed by atoms with van der Waals surface area (Å²) in [6.45, 7) is 5.42. The highest BCUT2D eigenvalue weighted by molar-refractivity contribution is 5.93. The molecule has 0 saturated carbocycles. The third-order valence-electron chi connectivity index (χ3n) is 5.86. The van der Waals surface area contributed by atoms with E-state index >= 15 is 0 Å². The van der Waals surface area contributed by atoms with E-state index < -0.39 is 11.9 Å². The molecule has 0 aliphatic carbocycles. The number of hydrogen-bond donors (Lipinski definition) is 2. The molecule has 2 aromatic rings. The molecule has 0 radical (unpaired) electrons. The maximum absolute atomic E-state index is 13.3. The summed E-state index contributed by atoms with van der Waals surface area (Å²) < 4.78 is 26.5. The summed E-state index contributed by atoms with van der Waals surface area (Å²) in [6.07, 6.45) is 4.45. The van der Waals surface area contributed by atoms with Crippen LogP contribution in [0.3, 0.4) is 0 Å². The molecule has 2 aromatic carbocycles. The molecule has 0 bridgehead atoms. The zero-order valence-electron chi connectivity index (χ0n) is 20.3. The summed E-state index contributed by atoms with van der Waals surface area (Å²) in [4.78, 5) is 35.7. The van der Waals surface area contributed by atoms with Gasteiger partial charge in [0.15, 0.2) is 0 Å². The molecule has 2 N–H and O–H groups in total. The van der Waals surface area contributed by atoms with Crippen LogP contribution in [0, 0.1) is 17.6 Å². The van der Waals surface area contributed by atoms with Gasteiger partial charge in [0, 0.05) is 37.3 Å². The van der Waals surface area contributed by atoms with Gasteiger partial charge in [-0.25, -0.2) is 18.4 Å². The third kappa shape index (κ3) is 10.4. The lowest BCUT2D eigenvalue weighted by Crippen LogP contribution is -2.41. The second-order valence-corrected chi connectivity index (χ2v) is 8.51. The number of aliphatic carboxylic acids is 2. The molecule has 194 valence electrons. The maximum atomic E-state index is 13.3. The first-order valence-electron chi connectivity index (χ1n) is 11.8. The Labute approximate surface area is 209 Å². The SMILES string of the molecule is CCC(=O)N(CC1CCN(CCc2cccc(F)c2)CC1)c1ccc(F)cc1.O=C(O)/C=C/C(=O)O. The first-order chi connectivity index (χ1) is 17.2. The van der Waals surface area contributed by atoms with E-state index in [4.69, 9.17) is 10.2 Å². The molecule has 1 amide bonds. The Morgan fingerprint density at radius 3 is 2.11 bits per heavy atom. The van der Waals surface area contributed by atoms with Gasteiger partial charge < -0.3 is 20.0 Å². The highest BCUT2D eigenvalue weighted by Gasteiger charge is 2.24. The van der Waals surface area contributed by atoms with Crippen LogP contribution >= 0.6 is 0 Å². The summed E-state index contributed by atoms with van der Waals surface area (Å²) >= 11 is 0. The Morgan fingerprint density at radius 1 is 0.972 bits per heavy atom. The predicted octanol–water partition coefficient (Wildman–Crippen LogP) is 4.37. The summed E-state index contributed by atoms with van der Waals surface area (Å²) in [5.74, 6) is -2.48. The molecule has 0 unspecified atom stereocenters. The van der Waals surface area contributed by atoms with Crippen LogP contribution in [0.15, 0.2) is 60.7 Å². The fourth-order valence-corrected chi connectivity index (χ4v) is 3.94. The molecule has 1 saturated heterocycles. The molecular formula is C27H32F2N2O5. The number of rotatable bonds is 9. The van der Waals surface area contributed by atoms with Crippen molar-refractivity contribution in [2.75, 3.05) is 31.1 Å². The van der Waals surface area contributed by atoms with E-state index in [1.807, 2.05) is 13.0 Å². The van der Waals surface area contributed by atoms with E-state index in [2.05, 4.69) is 4.90 Å². The van der Waals surface area contributed by atoms with Crippen molar-refractivity contribution < 1.29 is 33.4 Å². The zero-order chi connectivity index (χ0) is 26.5. The van der Waals surface area contributed by atoms with Crippen molar-refractivity contribution in [3.63, 3.8) is 0 Å². The van der Waals surface area contributed by atoms with Crippen LogP contribution in [-0.4, -0.2) is 59.1 Å². The van der Waals surface area contributed by atoms with Crippen molar-refractivity contribution in [3.8, 4) is 0 Å². The highest BCUT2D eigenvalue weighted by atomic mass is 19.1. The van der Waals surface area contributed by atoms with E-state index in [1.165, 1.54) is 18.2 Å². The number of likely N-dealkylation sites (tertiary alicyclic amines) is 1. The summed E-state index contributed by atoms with van der Waals surface area (Å²) in [7, 11) is 0. The molecule has 9 heteroatoms. The lowest BCUT2D eigenvalue weighted by atomic mass is 9.95. The largest absolute Gasteiger partial charge is 0.478 e.